The summed E-state index contributed by atoms with van der Waals surface area (Å²) in [6.45, 7) is 1.32. The lowest BCUT2D eigenvalue weighted by molar-refractivity contribution is -0.136. The summed E-state index contributed by atoms with van der Waals surface area (Å²) in [6, 6.07) is 0. The largest absolute Gasteiger partial charge is 0.481 e. The monoisotopic (exact) mass is 184 g/mol. The number of carboxylic acids is 1. The Hall–Kier alpha value is -1.92. The van der Waals surface area contributed by atoms with Crippen LogP contribution >= 0.6 is 0 Å². The first-order valence-electron chi connectivity index (χ1n) is 3.48. The van der Waals surface area contributed by atoms with Gasteiger partial charge in [0.05, 0.1) is 0 Å². The maximum Gasteiger partial charge on any atom is 0.311 e. The van der Waals surface area contributed by atoms with E-state index in [9.17, 15) is 9.59 Å². The molecular weight excluding hydrogens is 176 g/mol. The fourth-order valence-corrected chi connectivity index (χ4v) is 0.733. The Bertz CT molecular complexity index is 302. The van der Waals surface area contributed by atoms with Gasteiger partial charge in [-0.3, -0.25) is 14.9 Å². The van der Waals surface area contributed by atoms with E-state index in [-0.39, 0.29) is 24.1 Å². The van der Waals surface area contributed by atoms with Crippen LogP contribution in [-0.2, 0) is 16.0 Å². The van der Waals surface area contributed by atoms with E-state index in [1.807, 2.05) is 0 Å². The lowest BCUT2D eigenvalue weighted by atomic mass is 10.4. The van der Waals surface area contributed by atoms with E-state index >= 15 is 0 Å². The SMILES string of the molecule is CC(=O)Nc1nc(CC(=O)O)n[nH]1. The number of carboxylic acid groups (broad SMARTS) is 1. The van der Waals surface area contributed by atoms with Crippen LogP contribution in [0.1, 0.15) is 12.7 Å². The highest BCUT2D eigenvalue weighted by Gasteiger charge is 2.07. The predicted octanol–water partition coefficient (Wildman–Crippen LogP) is -0.610. The van der Waals surface area contributed by atoms with Crippen molar-refractivity contribution in [3.05, 3.63) is 5.82 Å². The van der Waals surface area contributed by atoms with Gasteiger partial charge >= 0.3 is 5.97 Å². The molecule has 0 saturated heterocycles. The fourth-order valence-electron chi connectivity index (χ4n) is 0.733. The van der Waals surface area contributed by atoms with Gasteiger partial charge in [-0.05, 0) is 0 Å². The second-order valence-electron chi connectivity index (χ2n) is 2.35. The molecule has 0 spiro atoms. The first kappa shape index (κ1) is 9.17. The van der Waals surface area contributed by atoms with Gasteiger partial charge in [0.2, 0.25) is 11.9 Å². The molecule has 0 unspecified atom stereocenters. The number of rotatable bonds is 3. The molecule has 1 rings (SSSR count). The molecule has 0 aliphatic heterocycles. The summed E-state index contributed by atoms with van der Waals surface area (Å²) in [5.41, 5.74) is 0. The number of hydrogen-bond donors (Lipinski definition) is 3. The molecule has 0 atom stereocenters. The molecule has 0 fully saturated rings. The van der Waals surface area contributed by atoms with E-state index in [0.717, 1.165) is 0 Å². The van der Waals surface area contributed by atoms with Crippen molar-refractivity contribution in [3.63, 3.8) is 0 Å². The number of anilines is 1. The minimum absolute atomic E-state index is 0.135. The number of hydrogen-bond acceptors (Lipinski definition) is 4. The van der Waals surface area contributed by atoms with E-state index in [2.05, 4.69) is 20.5 Å². The number of nitrogens with one attached hydrogen (secondary N) is 2. The number of nitrogens with zero attached hydrogens (tertiary/aromatic N) is 2. The van der Waals surface area contributed by atoms with Crippen LogP contribution in [0.3, 0.4) is 0 Å². The summed E-state index contributed by atoms with van der Waals surface area (Å²) < 4.78 is 0. The third-order valence-corrected chi connectivity index (χ3v) is 1.14. The summed E-state index contributed by atoms with van der Waals surface area (Å²) in [7, 11) is 0. The van der Waals surface area contributed by atoms with Crippen LogP contribution in [-0.4, -0.2) is 32.2 Å². The minimum atomic E-state index is -1.02. The van der Waals surface area contributed by atoms with Gasteiger partial charge < -0.3 is 5.11 Å². The van der Waals surface area contributed by atoms with Crippen molar-refractivity contribution in [3.8, 4) is 0 Å². The molecule has 0 aliphatic carbocycles. The average molecular weight is 184 g/mol. The number of aromatic amines is 1. The van der Waals surface area contributed by atoms with Crippen LogP contribution in [0, 0.1) is 0 Å². The lowest BCUT2D eigenvalue weighted by Crippen LogP contribution is -2.07. The van der Waals surface area contributed by atoms with E-state index < -0.39 is 5.97 Å². The summed E-state index contributed by atoms with van der Waals surface area (Å²) in [5.74, 6) is -1.02. The number of amides is 1. The molecule has 1 aromatic rings. The molecule has 0 aliphatic rings. The molecule has 7 heteroatoms. The van der Waals surface area contributed by atoms with Gasteiger partial charge in [0.25, 0.3) is 0 Å². The van der Waals surface area contributed by atoms with E-state index in [0.29, 0.717) is 0 Å². The second kappa shape index (κ2) is 3.65. The summed E-state index contributed by atoms with van der Waals surface area (Å²) in [5, 5.41) is 16.7. The van der Waals surface area contributed by atoms with Gasteiger partial charge in [0, 0.05) is 6.92 Å². The highest BCUT2D eigenvalue weighted by atomic mass is 16.4. The van der Waals surface area contributed by atoms with Crippen LogP contribution in [0.2, 0.25) is 0 Å². The predicted molar refractivity (Wildman–Crippen MR) is 42.0 cm³/mol. The Labute approximate surface area is 73.2 Å². The van der Waals surface area contributed by atoms with Crippen molar-refractivity contribution in [1.82, 2.24) is 15.2 Å². The summed E-state index contributed by atoms with van der Waals surface area (Å²) in [6.07, 6.45) is -0.268. The van der Waals surface area contributed by atoms with E-state index in [4.69, 9.17) is 5.11 Å². The molecule has 0 aromatic carbocycles. The number of aromatic nitrogens is 3. The van der Waals surface area contributed by atoms with Gasteiger partial charge in [-0.25, -0.2) is 5.10 Å². The Balaban J connectivity index is 2.63. The standard InChI is InChI=1S/C6H8N4O3/c1-3(11)7-6-8-4(9-10-6)2-5(12)13/h2H2,1H3,(H,12,13)(H2,7,8,9,10,11). The van der Waals surface area contributed by atoms with Crippen LogP contribution in [0.15, 0.2) is 0 Å². The van der Waals surface area contributed by atoms with Crippen molar-refractivity contribution in [2.75, 3.05) is 5.32 Å². The molecule has 7 nitrogen and oxygen atoms in total. The zero-order valence-corrected chi connectivity index (χ0v) is 6.87. The van der Waals surface area contributed by atoms with E-state index in [1.54, 1.807) is 0 Å². The van der Waals surface area contributed by atoms with E-state index in [1.165, 1.54) is 6.92 Å². The number of H-pyrrole nitrogens is 1. The fraction of sp³-hybridized carbons (Fsp3) is 0.333. The molecule has 1 amide bonds. The molecular formula is C6H8N4O3. The molecule has 0 saturated carbocycles. The van der Waals surface area contributed by atoms with Crippen LogP contribution < -0.4 is 5.32 Å². The second-order valence-corrected chi connectivity index (χ2v) is 2.35. The van der Waals surface area contributed by atoms with Crippen molar-refractivity contribution in [1.29, 1.82) is 0 Å². The Morgan fingerprint density at radius 1 is 1.62 bits per heavy atom. The normalized spacial score (nSPS) is 9.62. The van der Waals surface area contributed by atoms with Crippen molar-refractivity contribution in [2.24, 2.45) is 0 Å². The maximum absolute atomic E-state index is 10.5. The molecule has 0 bridgehead atoms. The smallest absolute Gasteiger partial charge is 0.311 e. The molecule has 1 heterocycles. The molecule has 1 aromatic heterocycles. The van der Waals surface area contributed by atoms with Crippen LogP contribution in [0.4, 0.5) is 5.95 Å². The quantitative estimate of drug-likeness (QED) is 0.580. The number of aliphatic carboxylic acids is 1. The highest BCUT2D eigenvalue weighted by molar-refractivity contribution is 5.86. The van der Waals surface area contributed by atoms with Gasteiger partial charge in [-0.2, -0.15) is 10.1 Å². The summed E-state index contributed by atoms with van der Waals surface area (Å²) in [4.78, 5) is 24.5. The Morgan fingerprint density at radius 2 is 2.31 bits per heavy atom. The van der Waals surface area contributed by atoms with Crippen molar-refractivity contribution >= 4 is 17.8 Å². The third kappa shape index (κ3) is 2.89. The number of carbonyl (C=O) groups is 2. The van der Waals surface area contributed by atoms with Gasteiger partial charge in [-0.1, -0.05) is 0 Å². The minimum Gasteiger partial charge on any atom is -0.481 e. The Morgan fingerprint density at radius 3 is 2.85 bits per heavy atom. The molecule has 3 N–H and O–H groups in total. The maximum atomic E-state index is 10.5. The zero-order chi connectivity index (χ0) is 9.84. The molecule has 70 valence electrons. The third-order valence-electron chi connectivity index (χ3n) is 1.14. The first-order chi connectivity index (χ1) is 6.08. The van der Waals surface area contributed by atoms with Gasteiger partial charge in [0.15, 0.2) is 5.82 Å². The van der Waals surface area contributed by atoms with Crippen LogP contribution in [0.25, 0.3) is 0 Å². The Kier molecular flexibility index (Phi) is 2.58. The first-order valence-corrected chi connectivity index (χ1v) is 3.48. The topological polar surface area (TPSA) is 108 Å². The van der Waals surface area contributed by atoms with Crippen molar-refractivity contribution in [2.45, 2.75) is 13.3 Å². The van der Waals surface area contributed by atoms with Gasteiger partial charge in [0.1, 0.15) is 6.42 Å². The van der Waals surface area contributed by atoms with Crippen LogP contribution in [0.5, 0.6) is 0 Å². The molecule has 13 heavy (non-hydrogen) atoms. The molecule has 0 radical (unpaired) electrons. The number of carbonyl (C=O) groups excluding carboxylic acids is 1. The highest BCUT2D eigenvalue weighted by Crippen LogP contribution is 1.98. The van der Waals surface area contributed by atoms with Gasteiger partial charge in [-0.15, -0.1) is 0 Å². The van der Waals surface area contributed by atoms with Crippen molar-refractivity contribution < 1.29 is 14.7 Å². The lowest BCUT2D eigenvalue weighted by Gasteiger charge is -1.91. The summed E-state index contributed by atoms with van der Waals surface area (Å²) >= 11 is 0. The average Bonchev–Trinajstić information content (AvgIpc) is 2.33. The zero-order valence-electron chi connectivity index (χ0n) is 6.87.